The van der Waals surface area contributed by atoms with Gasteiger partial charge in [0.15, 0.2) is 0 Å². The second kappa shape index (κ2) is 12.2. The van der Waals surface area contributed by atoms with E-state index >= 15 is 0 Å². The maximum absolute atomic E-state index is 12.9. The molecule has 1 heterocycles. The normalized spacial score (nSPS) is 12.6. The summed E-state index contributed by atoms with van der Waals surface area (Å²) < 4.78 is 23.4. The molecule has 0 aliphatic heterocycles. The molecule has 1 atom stereocenters. The number of nitrogens with two attached hydrogens (primary N) is 1. The first-order chi connectivity index (χ1) is 18.6. The summed E-state index contributed by atoms with van der Waals surface area (Å²) in [4.78, 5) is 27.1. The molecular formula is C28H37ClN4O7. The van der Waals surface area contributed by atoms with Crippen molar-refractivity contribution < 1.29 is 33.6 Å². The van der Waals surface area contributed by atoms with Gasteiger partial charge in [-0.25, -0.2) is 9.59 Å². The molecule has 0 spiro atoms. The lowest BCUT2D eigenvalue weighted by molar-refractivity contribution is 0.0117. The summed E-state index contributed by atoms with van der Waals surface area (Å²) in [5.74, 6) is 0.690. The van der Waals surface area contributed by atoms with E-state index in [-0.39, 0.29) is 25.6 Å². The zero-order valence-corrected chi connectivity index (χ0v) is 24.6. The van der Waals surface area contributed by atoms with Crippen LogP contribution in [0.1, 0.15) is 53.2 Å². The van der Waals surface area contributed by atoms with Crippen molar-refractivity contribution in [3.63, 3.8) is 0 Å². The summed E-state index contributed by atoms with van der Waals surface area (Å²) in [5, 5.41) is 16.0. The molecule has 3 aromatic rings. The van der Waals surface area contributed by atoms with Gasteiger partial charge in [0.2, 0.25) is 5.88 Å². The number of ether oxygens (including phenoxy) is 4. The van der Waals surface area contributed by atoms with Crippen molar-refractivity contribution >= 4 is 40.4 Å². The minimum atomic E-state index is -1.04. The van der Waals surface area contributed by atoms with Gasteiger partial charge in [0.1, 0.15) is 23.6 Å². The summed E-state index contributed by atoms with van der Waals surface area (Å²) in [6.45, 7) is 10.7. The highest BCUT2D eigenvalue weighted by Gasteiger charge is 2.26. The smallest absolute Gasteiger partial charge is 0.435 e. The molecule has 3 N–H and O–H groups in total. The van der Waals surface area contributed by atoms with E-state index in [0.717, 1.165) is 4.68 Å². The number of fused-ring (bicyclic) bond motifs is 1. The number of amides is 1. The minimum absolute atomic E-state index is 0.0674. The van der Waals surface area contributed by atoms with E-state index in [0.29, 0.717) is 32.9 Å². The fraction of sp³-hybridized carbons (Fsp3) is 0.464. The van der Waals surface area contributed by atoms with E-state index < -0.39 is 29.5 Å². The largest absolute Gasteiger partial charge is 0.492 e. The number of aliphatic hydroxyl groups is 1. The average Bonchev–Trinajstić information content (AvgIpc) is 3.21. The van der Waals surface area contributed by atoms with Crippen LogP contribution in [0.2, 0.25) is 5.02 Å². The van der Waals surface area contributed by atoms with E-state index in [9.17, 15) is 14.7 Å². The molecule has 12 heteroatoms. The Morgan fingerprint density at radius 1 is 1.07 bits per heavy atom. The first-order valence-corrected chi connectivity index (χ1v) is 13.1. The summed E-state index contributed by atoms with van der Waals surface area (Å²) in [6.07, 6.45) is -2.31. The molecule has 3 rings (SSSR count). The number of aliphatic hydroxyl groups excluding tert-OH is 1. The van der Waals surface area contributed by atoms with E-state index in [1.807, 2.05) is 0 Å². The SMILES string of the molecule is COc1nn(C(=O)OC(C)(C)C)c2cc(OCCN(CC(O)c3ccc(Cl)c(N)c3)C(=O)OC(C)(C)C)ccc12. The topological polar surface area (TPSA) is 138 Å². The van der Waals surface area contributed by atoms with Crippen LogP contribution in [0.25, 0.3) is 10.9 Å². The monoisotopic (exact) mass is 576 g/mol. The van der Waals surface area contributed by atoms with Gasteiger partial charge in [-0.05, 0) is 71.4 Å². The van der Waals surface area contributed by atoms with Crippen LogP contribution in [0.4, 0.5) is 15.3 Å². The quantitative estimate of drug-likeness (QED) is 0.337. The standard InChI is InChI=1S/C28H37ClN4O7/c1-27(2,3)39-25(35)32(16-23(34)17-8-11-20(29)21(30)14-17)12-13-38-18-9-10-19-22(15-18)33(31-24(19)37-7)26(36)40-28(4,5)6/h8-11,14-15,23,34H,12-13,16,30H2,1-7H3. The molecule has 0 radical (unpaired) electrons. The Balaban J connectivity index is 1.78. The Morgan fingerprint density at radius 3 is 2.35 bits per heavy atom. The summed E-state index contributed by atoms with van der Waals surface area (Å²) in [6, 6.07) is 9.85. The number of halogens is 1. The Bertz CT molecular complexity index is 1360. The van der Waals surface area contributed by atoms with Crippen LogP contribution < -0.4 is 15.2 Å². The van der Waals surface area contributed by atoms with Gasteiger partial charge in [0, 0.05) is 6.07 Å². The molecule has 2 aromatic carbocycles. The van der Waals surface area contributed by atoms with Gasteiger partial charge in [-0.1, -0.05) is 17.7 Å². The number of carbonyl (C=O) groups excluding carboxylic acids is 2. The Labute approximate surface area is 238 Å². The van der Waals surface area contributed by atoms with Crippen molar-refractivity contribution in [3.8, 4) is 11.6 Å². The molecule has 0 aliphatic rings. The van der Waals surface area contributed by atoms with Crippen LogP contribution in [-0.4, -0.2) is 70.0 Å². The van der Waals surface area contributed by atoms with Crippen LogP contribution in [0.15, 0.2) is 36.4 Å². The molecule has 1 unspecified atom stereocenters. The number of anilines is 1. The number of aromatic nitrogens is 2. The maximum Gasteiger partial charge on any atom is 0.435 e. The third-order valence-electron chi connectivity index (χ3n) is 5.46. The van der Waals surface area contributed by atoms with E-state index in [1.165, 1.54) is 12.0 Å². The van der Waals surface area contributed by atoms with Gasteiger partial charge < -0.3 is 34.7 Å². The van der Waals surface area contributed by atoms with Crippen molar-refractivity contribution in [2.45, 2.75) is 58.8 Å². The van der Waals surface area contributed by atoms with Crippen LogP contribution in [0.3, 0.4) is 0 Å². The lowest BCUT2D eigenvalue weighted by Crippen LogP contribution is -2.41. The van der Waals surface area contributed by atoms with Crippen LogP contribution >= 0.6 is 11.6 Å². The highest BCUT2D eigenvalue weighted by Crippen LogP contribution is 2.29. The number of benzene rings is 2. The molecule has 0 fully saturated rings. The van der Waals surface area contributed by atoms with Crippen molar-refractivity contribution in [2.75, 3.05) is 32.5 Å². The van der Waals surface area contributed by atoms with Gasteiger partial charge in [0.25, 0.3) is 0 Å². The molecule has 0 aliphatic carbocycles. The van der Waals surface area contributed by atoms with Crippen LogP contribution in [0.5, 0.6) is 11.6 Å². The fourth-order valence-electron chi connectivity index (χ4n) is 3.69. The predicted molar refractivity (Wildman–Crippen MR) is 152 cm³/mol. The zero-order valence-electron chi connectivity index (χ0n) is 23.9. The number of hydrogen-bond donors (Lipinski definition) is 2. The predicted octanol–water partition coefficient (Wildman–Crippen LogP) is 5.41. The van der Waals surface area contributed by atoms with Crippen molar-refractivity contribution in [2.24, 2.45) is 0 Å². The lowest BCUT2D eigenvalue weighted by Gasteiger charge is -2.29. The van der Waals surface area contributed by atoms with Crippen molar-refractivity contribution in [1.29, 1.82) is 0 Å². The number of nitrogen functional groups attached to an aromatic ring is 1. The summed E-state index contributed by atoms with van der Waals surface area (Å²) in [5.41, 5.74) is 5.68. The molecule has 218 valence electrons. The Morgan fingerprint density at radius 2 is 1.75 bits per heavy atom. The molecule has 1 amide bonds. The molecule has 0 saturated carbocycles. The highest BCUT2D eigenvalue weighted by atomic mass is 35.5. The first kappa shape index (κ1) is 30.8. The molecule has 1 aromatic heterocycles. The number of methoxy groups -OCH3 is 1. The van der Waals surface area contributed by atoms with Gasteiger partial charge in [-0.3, -0.25) is 0 Å². The molecule has 11 nitrogen and oxygen atoms in total. The van der Waals surface area contributed by atoms with Crippen LogP contribution in [-0.2, 0) is 9.47 Å². The number of nitrogens with zero attached hydrogens (tertiary/aromatic N) is 3. The Kier molecular flexibility index (Phi) is 9.42. The Hall–Kier alpha value is -3.70. The van der Waals surface area contributed by atoms with Crippen LogP contribution in [0, 0.1) is 0 Å². The first-order valence-electron chi connectivity index (χ1n) is 12.7. The van der Waals surface area contributed by atoms with Crippen molar-refractivity contribution in [3.05, 3.63) is 47.0 Å². The third kappa shape index (κ3) is 8.15. The fourth-order valence-corrected chi connectivity index (χ4v) is 3.81. The zero-order chi connectivity index (χ0) is 29.8. The number of carbonyl (C=O) groups is 2. The molecule has 40 heavy (non-hydrogen) atoms. The second-order valence-electron chi connectivity index (χ2n) is 11.2. The third-order valence-corrected chi connectivity index (χ3v) is 5.80. The van der Waals surface area contributed by atoms with Gasteiger partial charge in [-0.2, -0.15) is 4.68 Å². The maximum atomic E-state index is 12.9. The van der Waals surface area contributed by atoms with Gasteiger partial charge >= 0.3 is 12.2 Å². The molecule has 0 saturated heterocycles. The van der Waals surface area contributed by atoms with Crippen molar-refractivity contribution in [1.82, 2.24) is 14.7 Å². The second-order valence-corrected chi connectivity index (χ2v) is 11.6. The van der Waals surface area contributed by atoms with E-state index in [2.05, 4.69) is 5.10 Å². The van der Waals surface area contributed by atoms with Gasteiger partial charge in [-0.15, -0.1) is 5.10 Å². The van der Waals surface area contributed by atoms with E-state index in [1.54, 1.807) is 77.9 Å². The summed E-state index contributed by atoms with van der Waals surface area (Å²) >= 11 is 6.00. The summed E-state index contributed by atoms with van der Waals surface area (Å²) in [7, 11) is 1.46. The average molecular weight is 577 g/mol. The van der Waals surface area contributed by atoms with E-state index in [4.69, 9.17) is 36.3 Å². The number of rotatable bonds is 8. The lowest BCUT2D eigenvalue weighted by atomic mass is 10.1. The number of hydrogen-bond acceptors (Lipinski definition) is 9. The molecule has 0 bridgehead atoms. The van der Waals surface area contributed by atoms with Gasteiger partial charge in [0.05, 0.1) is 47.9 Å². The molecular weight excluding hydrogens is 540 g/mol. The minimum Gasteiger partial charge on any atom is -0.492 e. The highest BCUT2D eigenvalue weighted by molar-refractivity contribution is 6.33.